The first-order valence-corrected chi connectivity index (χ1v) is 4.98. The molecular formula is C10H23NO4. The molecule has 0 saturated carbocycles. The summed E-state index contributed by atoms with van der Waals surface area (Å²) in [5, 5.41) is 38.8. The summed E-state index contributed by atoms with van der Waals surface area (Å²) in [5.41, 5.74) is -2.64. The largest absolute Gasteiger partial charge is 0.396 e. The van der Waals surface area contributed by atoms with Crippen molar-refractivity contribution in [1.82, 2.24) is 4.90 Å². The second kappa shape index (κ2) is 4.76. The van der Waals surface area contributed by atoms with Gasteiger partial charge in [0, 0.05) is 5.41 Å². The summed E-state index contributed by atoms with van der Waals surface area (Å²) in [6.45, 7) is 4.34. The highest BCUT2D eigenvalue weighted by Crippen LogP contribution is 2.36. The van der Waals surface area contributed by atoms with E-state index in [1.165, 1.54) is 11.8 Å². The minimum Gasteiger partial charge on any atom is -0.396 e. The van der Waals surface area contributed by atoms with Crippen LogP contribution in [0.5, 0.6) is 0 Å². The molecule has 3 unspecified atom stereocenters. The maximum absolute atomic E-state index is 10.4. The van der Waals surface area contributed by atoms with Gasteiger partial charge in [-0.3, -0.25) is 4.90 Å². The molecule has 0 spiro atoms. The predicted molar refractivity (Wildman–Crippen MR) is 57.2 cm³/mol. The van der Waals surface area contributed by atoms with Crippen LogP contribution >= 0.6 is 0 Å². The van der Waals surface area contributed by atoms with Crippen LogP contribution in [0.25, 0.3) is 0 Å². The number of rotatable bonds is 5. The van der Waals surface area contributed by atoms with Crippen LogP contribution in [0.1, 0.15) is 20.8 Å². The van der Waals surface area contributed by atoms with Crippen molar-refractivity contribution >= 4 is 0 Å². The quantitative estimate of drug-likeness (QED) is 0.447. The van der Waals surface area contributed by atoms with E-state index in [1.807, 2.05) is 0 Å². The normalized spacial score (nSPS) is 21.2. The van der Waals surface area contributed by atoms with Gasteiger partial charge in [0.2, 0.25) is 0 Å². The summed E-state index contributed by atoms with van der Waals surface area (Å²) in [5.74, 6) is 0. The molecule has 0 aromatic heterocycles. The van der Waals surface area contributed by atoms with E-state index in [2.05, 4.69) is 0 Å². The van der Waals surface area contributed by atoms with E-state index in [9.17, 15) is 20.4 Å². The molecule has 0 bridgehead atoms. The molecule has 5 nitrogen and oxygen atoms in total. The Morgan fingerprint density at radius 2 is 1.60 bits per heavy atom. The van der Waals surface area contributed by atoms with Gasteiger partial charge in [-0.1, -0.05) is 13.8 Å². The number of likely N-dealkylation sites (N-methyl/N-ethyl adjacent to an activating group) is 1. The van der Waals surface area contributed by atoms with Crippen LogP contribution in [-0.4, -0.2) is 64.0 Å². The third-order valence-electron chi connectivity index (χ3n) is 2.94. The Kier molecular flexibility index (Phi) is 4.69. The number of hydrogen-bond acceptors (Lipinski definition) is 5. The lowest BCUT2D eigenvalue weighted by Crippen LogP contribution is -2.66. The molecule has 0 heterocycles. The van der Waals surface area contributed by atoms with Crippen molar-refractivity contribution in [2.75, 3.05) is 20.7 Å². The van der Waals surface area contributed by atoms with E-state index in [0.717, 1.165) is 0 Å². The third-order valence-corrected chi connectivity index (χ3v) is 2.94. The van der Waals surface area contributed by atoms with Gasteiger partial charge in [0.15, 0.2) is 5.72 Å². The van der Waals surface area contributed by atoms with Gasteiger partial charge in [-0.25, -0.2) is 0 Å². The first-order valence-electron chi connectivity index (χ1n) is 4.98. The van der Waals surface area contributed by atoms with Crippen LogP contribution in [-0.2, 0) is 0 Å². The summed E-state index contributed by atoms with van der Waals surface area (Å²) in [6, 6.07) is 0. The SMILES string of the molecule is CC(O)C(O)C(O)(N(C)C)C(C)(C)CO. The first kappa shape index (κ1) is 14.8. The van der Waals surface area contributed by atoms with Crippen molar-refractivity contribution < 1.29 is 20.4 Å². The highest BCUT2D eigenvalue weighted by atomic mass is 16.4. The van der Waals surface area contributed by atoms with Gasteiger partial charge >= 0.3 is 0 Å². The molecule has 0 aliphatic carbocycles. The molecule has 0 saturated heterocycles. The molecule has 0 aliphatic heterocycles. The lowest BCUT2D eigenvalue weighted by atomic mass is 9.76. The molecule has 0 aliphatic rings. The molecule has 0 radical (unpaired) electrons. The molecule has 0 amide bonds. The smallest absolute Gasteiger partial charge is 0.153 e. The van der Waals surface area contributed by atoms with E-state index in [0.29, 0.717) is 0 Å². The molecule has 0 aromatic rings. The highest BCUT2D eigenvalue weighted by molar-refractivity contribution is 4.98. The zero-order valence-corrected chi connectivity index (χ0v) is 10.1. The summed E-state index contributed by atoms with van der Waals surface area (Å²) in [7, 11) is 3.17. The summed E-state index contributed by atoms with van der Waals surface area (Å²) in [6.07, 6.45) is -2.43. The zero-order valence-electron chi connectivity index (χ0n) is 10.1. The average molecular weight is 221 g/mol. The molecule has 0 aromatic carbocycles. The molecule has 15 heavy (non-hydrogen) atoms. The average Bonchev–Trinajstić information content (AvgIpc) is 2.14. The van der Waals surface area contributed by atoms with E-state index < -0.39 is 23.3 Å². The Balaban J connectivity index is 5.25. The maximum atomic E-state index is 10.4. The second-order valence-corrected chi connectivity index (χ2v) is 4.85. The van der Waals surface area contributed by atoms with Crippen LogP contribution < -0.4 is 0 Å². The lowest BCUT2D eigenvalue weighted by Gasteiger charge is -2.49. The van der Waals surface area contributed by atoms with E-state index in [4.69, 9.17) is 0 Å². The molecule has 92 valence electrons. The molecule has 0 rings (SSSR count). The fraction of sp³-hybridized carbons (Fsp3) is 1.00. The second-order valence-electron chi connectivity index (χ2n) is 4.85. The molecule has 0 fully saturated rings. The summed E-state index contributed by atoms with van der Waals surface area (Å²) in [4.78, 5) is 1.40. The fourth-order valence-electron chi connectivity index (χ4n) is 1.72. The van der Waals surface area contributed by atoms with Gasteiger partial charge in [-0.15, -0.1) is 0 Å². The fourth-order valence-corrected chi connectivity index (χ4v) is 1.72. The van der Waals surface area contributed by atoms with Gasteiger partial charge in [0.05, 0.1) is 12.7 Å². The minimum absolute atomic E-state index is 0.300. The molecule has 4 N–H and O–H groups in total. The number of hydrogen-bond donors (Lipinski definition) is 4. The van der Waals surface area contributed by atoms with Gasteiger partial charge in [0.1, 0.15) is 6.10 Å². The van der Waals surface area contributed by atoms with Gasteiger partial charge in [0.25, 0.3) is 0 Å². The molecular weight excluding hydrogens is 198 g/mol. The van der Waals surface area contributed by atoms with E-state index in [1.54, 1.807) is 27.9 Å². The Labute approximate surface area is 91.0 Å². The van der Waals surface area contributed by atoms with Gasteiger partial charge in [-0.2, -0.15) is 0 Å². The Morgan fingerprint density at radius 3 is 1.80 bits per heavy atom. The van der Waals surface area contributed by atoms with Gasteiger partial charge in [-0.05, 0) is 21.0 Å². The van der Waals surface area contributed by atoms with Crippen LogP contribution in [0.3, 0.4) is 0 Å². The van der Waals surface area contributed by atoms with Crippen LogP contribution in [0.2, 0.25) is 0 Å². The number of nitrogens with zero attached hydrogens (tertiary/aromatic N) is 1. The van der Waals surface area contributed by atoms with Crippen LogP contribution in [0.15, 0.2) is 0 Å². The Hall–Kier alpha value is -0.200. The van der Waals surface area contributed by atoms with Crippen molar-refractivity contribution in [3.63, 3.8) is 0 Å². The predicted octanol–water partition coefficient (Wildman–Crippen LogP) is -1.00. The van der Waals surface area contributed by atoms with Crippen LogP contribution in [0, 0.1) is 5.41 Å². The number of aliphatic hydroxyl groups is 4. The standard InChI is InChI=1S/C10H23NO4/c1-7(13)8(14)10(15,11(4)5)9(2,3)6-12/h7-8,12-15H,6H2,1-5H3. The van der Waals surface area contributed by atoms with Gasteiger partial charge < -0.3 is 20.4 Å². The molecule has 3 atom stereocenters. The van der Waals surface area contributed by atoms with E-state index >= 15 is 0 Å². The number of aliphatic hydroxyl groups excluding tert-OH is 3. The van der Waals surface area contributed by atoms with Crippen molar-refractivity contribution in [2.45, 2.75) is 38.7 Å². The van der Waals surface area contributed by atoms with Crippen molar-refractivity contribution in [2.24, 2.45) is 5.41 Å². The maximum Gasteiger partial charge on any atom is 0.153 e. The lowest BCUT2D eigenvalue weighted by molar-refractivity contribution is -0.253. The zero-order chi connectivity index (χ0) is 12.4. The highest BCUT2D eigenvalue weighted by Gasteiger charge is 2.52. The van der Waals surface area contributed by atoms with Crippen molar-refractivity contribution in [1.29, 1.82) is 0 Å². The summed E-state index contributed by atoms with van der Waals surface area (Å²) >= 11 is 0. The minimum atomic E-state index is -1.68. The van der Waals surface area contributed by atoms with Crippen molar-refractivity contribution in [3.05, 3.63) is 0 Å². The first-order chi connectivity index (χ1) is 6.61. The molecule has 5 heteroatoms. The van der Waals surface area contributed by atoms with E-state index in [-0.39, 0.29) is 6.61 Å². The topological polar surface area (TPSA) is 84.2 Å². The monoisotopic (exact) mass is 221 g/mol. The van der Waals surface area contributed by atoms with Crippen molar-refractivity contribution in [3.8, 4) is 0 Å². The summed E-state index contributed by atoms with van der Waals surface area (Å²) < 4.78 is 0. The Bertz CT molecular complexity index is 206. The van der Waals surface area contributed by atoms with Crippen LogP contribution in [0.4, 0.5) is 0 Å². The Morgan fingerprint density at radius 1 is 1.20 bits per heavy atom. The third kappa shape index (κ3) is 2.49.